The molecule has 2 rings (SSSR count). The molecule has 3 amide bonds. The van der Waals surface area contributed by atoms with Crippen molar-refractivity contribution in [3.05, 3.63) is 65.7 Å². The standard InChI is InChI=1S/C20H22N4O4S/c1-28-16-10-6-5-9-15(16)19(27)22-20(29)24-23-18(26)12-11-17(25)21-13-14-7-3-2-4-8-14/h2-10H,11-13H2,1H3,(H,21,25)(H,23,26)(H2,22,24,27,29). The molecule has 4 N–H and O–H groups in total. The number of methoxy groups -OCH3 is 1. The third-order valence-corrected chi connectivity index (χ3v) is 4.01. The first kappa shape index (κ1) is 21.8. The molecular formula is C20H22N4O4S. The second-order valence-corrected chi connectivity index (χ2v) is 6.33. The van der Waals surface area contributed by atoms with Gasteiger partial charge in [-0.25, -0.2) is 0 Å². The van der Waals surface area contributed by atoms with Crippen LogP contribution in [0.15, 0.2) is 54.6 Å². The Morgan fingerprint density at radius 2 is 1.55 bits per heavy atom. The number of carbonyl (C=O) groups is 3. The Bertz CT molecular complexity index is 874. The van der Waals surface area contributed by atoms with Crippen LogP contribution in [-0.4, -0.2) is 29.9 Å². The average molecular weight is 414 g/mol. The monoisotopic (exact) mass is 414 g/mol. The summed E-state index contributed by atoms with van der Waals surface area (Å²) in [6, 6.07) is 16.1. The summed E-state index contributed by atoms with van der Waals surface area (Å²) in [7, 11) is 1.46. The Balaban J connectivity index is 1.67. The highest BCUT2D eigenvalue weighted by Crippen LogP contribution is 2.16. The number of hydrogen-bond donors (Lipinski definition) is 4. The molecule has 0 atom stereocenters. The number of nitrogens with one attached hydrogen (secondary N) is 4. The third kappa shape index (κ3) is 7.59. The topological polar surface area (TPSA) is 109 Å². The molecule has 0 aliphatic heterocycles. The molecule has 0 bridgehead atoms. The van der Waals surface area contributed by atoms with Gasteiger partial charge in [0.2, 0.25) is 11.8 Å². The summed E-state index contributed by atoms with van der Waals surface area (Å²) in [5.74, 6) is -0.752. The second-order valence-electron chi connectivity index (χ2n) is 5.92. The Labute approximate surface area is 174 Å². The number of benzene rings is 2. The minimum atomic E-state index is -0.477. The molecule has 0 saturated heterocycles. The fourth-order valence-corrected chi connectivity index (χ4v) is 2.48. The maximum absolute atomic E-state index is 12.2. The van der Waals surface area contributed by atoms with Crippen LogP contribution >= 0.6 is 12.2 Å². The Morgan fingerprint density at radius 1 is 0.897 bits per heavy atom. The molecule has 0 aliphatic carbocycles. The van der Waals surface area contributed by atoms with Crippen LogP contribution in [0.5, 0.6) is 5.75 Å². The van der Waals surface area contributed by atoms with E-state index in [-0.39, 0.29) is 23.9 Å². The molecular weight excluding hydrogens is 392 g/mol. The summed E-state index contributed by atoms with van der Waals surface area (Å²) >= 11 is 4.98. The van der Waals surface area contributed by atoms with Gasteiger partial charge in [0.15, 0.2) is 5.11 Å². The normalized spacial score (nSPS) is 9.83. The molecule has 9 heteroatoms. The second kappa shape index (κ2) is 11.4. The smallest absolute Gasteiger partial charge is 0.261 e. The highest BCUT2D eigenvalue weighted by Gasteiger charge is 2.13. The molecule has 0 aromatic heterocycles. The molecule has 2 aromatic rings. The number of hydrogen-bond acceptors (Lipinski definition) is 5. The van der Waals surface area contributed by atoms with Crippen molar-refractivity contribution >= 4 is 35.1 Å². The number of amides is 3. The van der Waals surface area contributed by atoms with E-state index in [1.54, 1.807) is 24.3 Å². The van der Waals surface area contributed by atoms with E-state index in [4.69, 9.17) is 17.0 Å². The molecule has 29 heavy (non-hydrogen) atoms. The van der Waals surface area contributed by atoms with Crippen molar-refractivity contribution in [2.45, 2.75) is 19.4 Å². The molecule has 152 valence electrons. The maximum atomic E-state index is 12.2. The Morgan fingerprint density at radius 3 is 2.28 bits per heavy atom. The van der Waals surface area contributed by atoms with E-state index in [9.17, 15) is 14.4 Å². The highest BCUT2D eigenvalue weighted by molar-refractivity contribution is 7.80. The fourth-order valence-electron chi connectivity index (χ4n) is 2.33. The number of para-hydroxylation sites is 1. The van der Waals surface area contributed by atoms with Gasteiger partial charge in [0, 0.05) is 19.4 Å². The predicted octanol–water partition coefficient (Wildman–Crippen LogP) is 1.43. The van der Waals surface area contributed by atoms with E-state index in [2.05, 4.69) is 21.5 Å². The van der Waals surface area contributed by atoms with Gasteiger partial charge < -0.3 is 10.1 Å². The molecule has 0 heterocycles. The maximum Gasteiger partial charge on any atom is 0.261 e. The molecule has 0 aliphatic rings. The van der Waals surface area contributed by atoms with Crippen LogP contribution in [0.25, 0.3) is 0 Å². The molecule has 8 nitrogen and oxygen atoms in total. The number of ether oxygens (including phenoxy) is 1. The van der Waals surface area contributed by atoms with E-state index in [0.29, 0.717) is 17.9 Å². The van der Waals surface area contributed by atoms with Crippen LogP contribution in [0.3, 0.4) is 0 Å². The number of rotatable bonds is 7. The SMILES string of the molecule is COc1ccccc1C(=O)NC(=S)NNC(=O)CCC(=O)NCc1ccccc1. The van der Waals surface area contributed by atoms with Gasteiger partial charge in [0.1, 0.15) is 5.75 Å². The van der Waals surface area contributed by atoms with Gasteiger partial charge in [-0.05, 0) is 29.9 Å². The molecule has 0 spiro atoms. The number of carbonyl (C=O) groups excluding carboxylic acids is 3. The summed E-state index contributed by atoms with van der Waals surface area (Å²) in [6.07, 6.45) is -0.00261. The van der Waals surface area contributed by atoms with Gasteiger partial charge in [-0.15, -0.1) is 0 Å². The van der Waals surface area contributed by atoms with Crippen molar-refractivity contribution in [2.75, 3.05) is 7.11 Å². The lowest BCUT2D eigenvalue weighted by molar-refractivity contribution is -0.126. The van der Waals surface area contributed by atoms with Crippen molar-refractivity contribution in [3.8, 4) is 5.75 Å². The summed E-state index contributed by atoms with van der Waals surface area (Å²) in [5.41, 5.74) is 6.05. The van der Waals surface area contributed by atoms with Crippen molar-refractivity contribution in [2.24, 2.45) is 0 Å². The molecule has 0 radical (unpaired) electrons. The van der Waals surface area contributed by atoms with E-state index in [1.807, 2.05) is 30.3 Å². The van der Waals surface area contributed by atoms with Crippen LogP contribution in [0, 0.1) is 0 Å². The van der Waals surface area contributed by atoms with Crippen LogP contribution < -0.4 is 26.2 Å². The number of thiocarbonyl (C=S) groups is 1. The quantitative estimate of drug-likeness (QED) is 0.403. The van der Waals surface area contributed by atoms with E-state index < -0.39 is 11.8 Å². The van der Waals surface area contributed by atoms with Crippen LogP contribution in [0.2, 0.25) is 0 Å². The largest absolute Gasteiger partial charge is 0.496 e. The zero-order valence-electron chi connectivity index (χ0n) is 15.9. The lowest BCUT2D eigenvalue weighted by Gasteiger charge is -2.12. The predicted molar refractivity (Wildman–Crippen MR) is 112 cm³/mol. The van der Waals surface area contributed by atoms with Gasteiger partial charge >= 0.3 is 0 Å². The van der Waals surface area contributed by atoms with E-state index in [0.717, 1.165) is 5.56 Å². The molecule has 0 fully saturated rings. The first-order valence-corrected chi connectivity index (χ1v) is 9.24. The lowest BCUT2D eigenvalue weighted by Crippen LogP contribution is -2.48. The van der Waals surface area contributed by atoms with Crippen LogP contribution in [0.1, 0.15) is 28.8 Å². The van der Waals surface area contributed by atoms with Crippen molar-refractivity contribution < 1.29 is 19.1 Å². The van der Waals surface area contributed by atoms with Crippen LogP contribution in [-0.2, 0) is 16.1 Å². The fraction of sp³-hybridized carbons (Fsp3) is 0.200. The minimum Gasteiger partial charge on any atom is -0.496 e. The highest BCUT2D eigenvalue weighted by atomic mass is 32.1. The minimum absolute atomic E-state index is 0.0285. The third-order valence-electron chi connectivity index (χ3n) is 3.81. The summed E-state index contributed by atoms with van der Waals surface area (Å²) in [6.45, 7) is 0.401. The van der Waals surface area contributed by atoms with Crippen molar-refractivity contribution in [1.29, 1.82) is 0 Å². The zero-order chi connectivity index (χ0) is 21.1. The van der Waals surface area contributed by atoms with E-state index >= 15 is 0 Å². The molecule has 2 aromatic carbocycles. The molecule has 0 saturated carbocycles. The zero-order valence-corrected chi connectivity index (χ0v) is 16.7. The first-order valence-electron chi connectivity index (χ1n) is 8.83. The van der Waals surface area contributed by atoms with Crippen molar-refractivity contribution in [3.63, 3.8) is 0 Å². The molecule has 0 unspecified atom stereocenters. The summed E-state index contributed by atoms with van der Waals surface area (Å²) in [4.78, 5) is 35.9. The van der Waals surface area contributed by atoms with Gasteiger partial charge in [0.25, 0.3) is 5.91 Å². The van der Waals surface area contributed by atoms with Gasteiger partial charge in [-0.2, -0.15) is 0 Å². The first-order chi connectivity index (χ1) is 14.0. The van der Waals surface area contributed by atoms with E-state index in [1.165, 1.54) is 7.11 Å². The summed E-state index contributed by atoms with van der Waals surface area (Å²) in [5, 5.41) is 5.10. The van der Waals surface area contributed by atoms with Gasteiger partial charge in [-0.1, -0.05) is 42.5 Å². The Hall–Kier alpha value is -3.46. The number of hydrazine groups is 1. The van der Waals surface area contributed by atoms with Gasteiger partial charge in [0.05, 0.1) is 12.7 Å². The van der Waals surface area contributed by atoms with Crippen LogP contribution in [0.4, 0.5) is 0 Å². The van der Waals surface area contributed by atoms with Crippen molar-refractivity contribution in [1.82, 2.24) is 21.5 Å². The summed E-state index contributed by atoms with van der Waals surface area (Å²) < 4.78 is 5.12. The van der Waals surface area contributed by atoms with Gasteiger partial charge in [-0.3, -0.25) is 30.6 Å². The Kier molecular flexibility index (Phi) is 8.58. The lowest BCUT2D eigenvalue weighted by atomic mass is 10.2. The average Bonchev–Trinajstić information content (AvgIpc) is 2.75.